The summed E-state index contributed by atoms with van der Waals surface area (Å²) in [6.07, 6.45) is 14.5. The predicted molar refractivity (Wildman–Crippen MR) is 130 cm³/mol. The summed E-state index contributed by atoms with van der Waals surface area (Å²) in [6, 6.07) is 7.73. The third-order valence-electron chi connectivity index (χ3n) is 7.49. The second-order valence-corrected chi connectivity index (χ2v) is 10.5. The summed E-state index contributed by atoms with van der Waals surface area (Å²) in [6.45, 7) is 6.20. The molecule has 0 saturated carbocycles. The van der Waals surface area contributed by atoms with Crippen LogP contribution < -0.4 is 4.74 Å². The zero-order chi connectivity index (χ0) is 23.8. The summed E-state index contributed by atoms with van der Waals surface area (Å²) in [5, 5.41) is 19.6. The van der Waals surface area contributed by atoms with E-state index in [-0.39, 0.29) is 12.0 Å². The highest BCUT2D eigenvalue weighted by Crippen LogP contribution is 2.46. The molecule has 0 aromatic heterocycles. The molecule has 0 radical (unpaired) electrons. The molecular formula is C28H42O5. The van der Waals surface area contributed by atoms with Crippen molar-refractivity contribution in [3.05, 3.63) is 42.0 Å². The van der Waals surface area contributed by atoms with Crippen LogP contribution in [0.1, 0.15) is 77.7 Å². The molecule has 2 N–H and O–H groups in total. The van der Waals surface area contributed by atoms with E-state index in [4.69, 9.17) is 14.6 Å². The SMILES string of the molecule is CCCCC(C)(C)C(O)C=C[C@@H]1[C@H](CCCCc2cccc(OCC(=O)O)c2)[C@@H]2CC[C@H]1O2. The maximum atomic E-state index is 10.8. The monoisotopic (exact) mass is 458 g/mol. The minimum absolute atomic E-state index is 0.0940. The summed E-state index contributed by atoms with van der Waals surface area (Å²) in [5.74, 6) is 0.598. The third-order valence-corrected chi connectivity index (χ3v) is 7.49. The molecule has 2 fully saturated rings. The Balaban J connectivity index is 1.49. The van der Waals surface area contributed by atoms with Crippen LogP contribution in [0.15, 0.2) is 36.4 Å². The average molecular weight is 459 g/mol. The van der Waals surface area contributed by atoms with Crippen LogP contribution in [0.25, 0.3) is 0 Å². The van der Waals surface area contributed by atoms with Crippen LogP contribution in [-0.2, 0) is 16.0 Å². The van der Waals surface area contributed by atoms with E-state index in [0.717, 1.165) is 57.8 Å². The topological polar surface area (TPSA) is 76.0 Å². The first-order valence-corrected chi connectivity index (χ1v) is 12.8. The van der Waals surface area contributed by atoms with Crippen LogP contribution in [0.4, 0.5) is 0 Å². The molecular weight excluding hydrogens is 416 g/mol. The van der Waals surface area contributed by atoms with Crippen molar-refractivity contribution in [2.75, 3.05) is 6.61 Å². The number of aryl methyl sites for hydroxylation is 1. The molecule has 2 saturated heterocycles. The van der Waals surface area contributed by atoms with E-state index in [9.17, 15) is 9.90 Å². The number of hydrogen-bond donors (Lipinski definition) is 2. The predicted octanol–water partition coefficient (Wildman–Crippen LogP) is 5.79. The van der Waals surface area contributed by atoms with Gasteiger partial charge in [0.05, 0.1) is 18.3 Å². The Hall–Kier alpha value is -1.85. The van der Waals surface area contributed by atoms with Crippen LogP contribution in [0.2, 0.25) is 0 Å². The van der Waals surface area contributed by atoms with Crippen molar-refractivity contribution in [2.24, 2.45) is 17.3 Å². The van der Waals surface area contributed by atoms with E-state index in [0.29, 0.717) is 29.8 Å². The van der Waals surface area contributed by atoms with E-state index in [1.165, 1.54) is 5.56 Å². The van der Waals surface area contributed by atoms with Gasteiger partial charge in [0.2, 0.25) is 0 Å². The number of rotatable bonds is 14. The highest BCUT2D eigenvalue weighted by molar-refractivity contribution is 5.68. The Morgan fingerprint density at radius 2 is 2.03 bits per heavy atom. The van der Waals surface area contributed by atoms with Crippen molar-refractivity contribution in [3.63, 3.8) is 0 Å². The summed E-state index contributed by atoms with van der Waals surface area (Å²) in [4.78, 5) is 10.7. The van der Waals surface area contributed by atoms with Gasteiger partial charge in [-0.2, -0.15) is 0 Å². The Bertz CT molecular complexity index is 786. The first-order chi connectivity index (χ1) is 15.8. The van der Waals surface area contributed by atoms with E-state index >= 15 is 0 Å². The lowest BCUT2D eigenvalue weighted by Gasteiger charge is -2.30. The van der Waals surface area contributed by atoms with Gasteiger partial charge >= 0.3 is 5.97 Å². The fourth-order valence-electron chi connectivity index (χ4n) is 5.38. The van der Waals surface area contributed by atoms with Gasteiger partial charge in [-0.3, -0.25) is 0 Å². The van der Waals surface area contributed by atoms with Gasteiger partial charge in [0, 0.05) is 5.92 Å². The first-order valence-electron chi connectivity index (χ1n) is 12.8. The molecule has 0 amide bonds. The Morgan fingerprint density at radius 3 is 2.79 bits per heavy atom. The van der Waals surface area contributed by atoms with Crippen molar-refractivity contribution < 1.29 is 24.5 Å². The number of carboxylic acids is 1. The smallest absolute Gasteiger partial charge is 0.341 e. The number of aliphatic hydroxyl groups excluding tert-OH is 1. The zero-order valence-electron chi connectivity index (χ0n) is 20.5. The van der Waals surface area contributed by atoms with Gasteiger partial charge in [-0.1, -0.05) is 64.3 Å². The summed E-state index contributed by atoms with van der Waals surface area (Å²) < 4.78 is 11.6. The van der Waals surface area contributed by atoms with Gasteiger partial charge < -0.3 is 19.7 Å². The number of aliphatic hydroxyl groups is 1. The van der Waals surface area contributed by atoms with Crippen LogP contribution >= 0.6 is 0 Å². The number of fused-ring (bicyclic) bond motifs is 2. The quantitative estimate of drug-likeness (QED) is 0.273. The van der Waals surface area contributed by atoms with Crippen LogP contribution in [0.3, 0.4) is 0 Å². The fourth-order valence-corrected chi connectivity index (χ4v) is 5.38. The molecule has 3 rings (SSSR count). The first kappa shape index (κ1) is 25.8. The van der Waals surface area contributed by atoms with Gasteiger partial charge in [-0.25, -0.2) is 4.79 Å². The number of aliphatic carboxylic acids is 1. The normalized spacial score (nSPS) is 25.6. The largest absolute Gasteiger partial charge is 0.482 e. The Kier molecular flexibility index (Phi) is 9.39. The number of hydrogen-bond acceptors (Lipinski definition) is 4. The minimum atomic E-state index is -0.964. The lowest BCUT2D eigenvalue weighted by Crippen LogP contribution is -2.29. The van der Waals surface area contributed by atoms with Gasteiger partial charge in [0.15, 0.2) is 6.61 Å². The van der Waals surface area contributed by atoms with Crippen molar-refractivity contribution in [1.29, 1.82) is 0 Å². The van der Waals surface area contributed by atoms with E-state index in [1.807, 2.05) is 18.2 Å². The molecule has 5 atom stereocenters. The van der Waals surface area contributed by atoms with E-state index < -0.39 is 12.1 Å². The van der Waals surface area contributed by atoms with Gasteiger partial charge in [-0.15, -0.1) is 0 Å². The molecule has 2 heterocycles. The average Bonchev–Trinajstić information content (AvgIpc) is 3.39. The second-order valence-electron chi connectivity index (χ2n) is 10.5. The third kappa shape index (κ3) is 7.31. The maximum absolute atomic E-state index is 10.8. The standard InChI is InChI=1S/C28H42O5/c1-4-5-17-28(2,3)26(29)16-13-23-22(24-14-15-25(23)33-24)12-7-6-9-20-10-8-11-21(18-20)32-19-27(30)31/h8,10-11,13,16,18,22-26,29H,4-7,9,12,14-15,17,19H2,1-3H3,(H,30,31)/t22-,23+,24-,25+,26?/m0/s1. The highest BCUT2D eigenvalue weighted by Gasteiger charge is 2.47. The second kappa shape index (κ2) is 12.0. The molecule has 1 unspecified atom stereocenters. The Labute approximate surface area is 199 Å². The van der Waals surface area contributed by atoms with E-state index in [2.05, 4.69) is 32.9 Å². The molecule has 5 nitrogen and oxygen atoms in total. The maximum Gasteiger partial charge on any atom is 0.341 e. The van der Waals surface area contributed by atoms with E-state index in [1.54, 1.807) is 6.07 Å². The molecule has 2 bridgehead atoms. The van der Waals surface area contributed by atoms with Crippen molar-refractivity contribution in [2.45, 2.75) is 96.9 Å². The molecule has 33 heavy (non-hydrogen) atoms. The number of carboxylic acid groups (broad SMARTS) is 1. The van der Waals surface area contributed by atoms with Gasteiger partial charge in [0.1, 0.15) is 5.75 Å². The molecule has 2 aliphatic heterocycles. The van der Waals surface area contributed by atoms with Gasteiger partial charge in [0.25, 0.3) is 0 Å². The molecule has 1 aromatic carbocycles. The van der Waals surface area contributed by atoms with Crippen LogP contribution in [-0.4, -0.2) is 41.1 Å². The van der Waals surface area contributed by atoms with Crippen LogP contribution in [0, 0.1) is 17.3 Å². The zero-order valence-corrected chi connectivity index (χ0v) is 20.5. The lowest BCUT2D eigenvalue weighted by atomic mass is 9.75. The van der Waals surface area contributed by atoms with Gasteiger partial charge in [-0.05, 0) is 67.6 Å². The molecule has 0 spiro atoms. The fraction of sp³-hybridized carbons (Fsp3) is 0.679. The Morgan fingerprint density at radius 1 is 1.24 bits per heavy atom. The van der Waals surface area contributed by atoms with Crippen molar-refractivity contribution >= 4 is 5.97 Å². The van der Waals surface area contributed by atoms with Crippen LogP contribution in [0.5, 0.6) is 5.75 Å². The summed E-state index contributed by atoms with van der Waals surface area (Å²) in [5.41, 5.74) is 1.08. The summed E-state index contributed by atoms with van der Waals surface area (Å²) >= 11 is 0. The minimum Gasteiger partial charge on any atom is -0.482 e. The molecule has 0 aliphatic carbocycles. The summed E-state index contributed by atoms with van der Waals surface area (Å²) in [7, 11) is 0. The van der Waals surface area contributed by atoms with Crippen molar-refractivity contribution in [3.8, 4) is 5.75 Å². The number of carbonyl (C=O) groups is 1. The van der Waals surface area contributed by atoms with Crippen molar-refractivity contribution in [1.82, 2.24) is 0 Å². The highest BCUT2D eigenvalue weighted by atomic mass is 16.5. The molecule has 1 aromatic rings. The lowest BCUT2D eigenvalue weighted by molar-refractivity contribution is -0.139. The number of ether oxygens (including phenoxy) is 2. The molecule has 2 aliphatic rings. The number of benzene rings is 1. The molecule has 184 valence electrons. The molecule has 5 heteroatoms. The number of unbranched alkanes of at least 4 members (excludes halogenated alkanes) is 2.